The summed E-state index contributed by atoms with van der Waals surface area (Å²) in [5.41, 5.74) is 6.63. The predicted molar refractivity (Wildman–Crippen MR) is 87.8 cm³/mol. The van der Waals surface area contributed by atoms with Gasteiger partial charge < -0.3 is 10.5 Å². The van der Waals surface area contributed by atoms with E-state index >= 15 is 0 Å². The van der Waals surface area contributed by atoms with Gasteiger partial charge in [-0.25, -0.2) is 8.42 Å². The van der Waals surface area contributed by atoms with Crippen molar-refractivity contribution in [3.8, 4) is 5.75 Å². The molecule has 0 aliphatic heterocycles. The zero-order valence-corrected chi connectivity index (χ0v) is 13.4. The number of sulfone groups is 1. The molecule has 0 radical (unpaired) electrons. The Morgan fingerprint density at radius 1 is 1.09 bits per heavy atom. The van der Waals surface area contributed by atoms with E-state index in [1.54, 1.807) is 30.3 Å². The van der Waals surface area contributed by atoms with E-state index < -0.39 is 15.1 Å². The highest BCUT2D eigenvalue weighted by Gasteiger charge is 2.26. The van der Waals surface area contributed by atoms with E-state index in [1.807, 2.05) is 31.2 Å². The average Bonchev–Trinajstić information content (AvgIpc) is 2.54. The summed E-state index contributed by atoms with van der Waals surface area (Å²) in [6.45, 7) is 2.57. The van der Waals surface area contributed by atoms with E-state index in [-0.39, 0.29) is 6.54 Å². The second-order valence-corrected chi connectivity index (χ2v) is 7.23. The van der Waals surface area contributed by atoms with Gasteiger partial charge in [0.15, 0.2) is 9.84 Å². The molecule has 118 valence electrons. The van der Waals surface area contributed by atoms with Crippen molar-refractivity contribution >= 4 is 9.84 Å². The Hall–Kier alpha value is -1.85. The molecule has 0 spiro atoms. The Kier molecular flexibility index (Phi) is 5.57. The van der Waals surface area contributed by atoms with Crippen LogP contribution in [0.25, 0.3) is 0 Å². The molecule has 0 aliphatic rings. The fourth-order valence-electron chi connectivity index (χ4n) is 2.31. The summed E-state index contributed by atoms with van der Waals surface area (Å²) in [6.07, 6.45) is 0.370. The summed E-state index contributed by atoms with van der Waals surface area (Å²) in [5.74, 6) is 0.743. The van der Waals surface area contributed by atoms with Gasteiger partial charge >= 0.3 is 0 Å². The molecule has 2 N–H and O–H groups in total. The van der Waals surface area contributed by atoms with E-state index in [0.29, 0.717) is 17.9 Å². The highest BCUT2D eigenvalue weighted by atomic mass is 32.2. The van der Waals surface area contributed by atoms with Crippen LogP contribution in [0.5, 0.6) is 5.75 Å². The van der Waals surface area contributed by atoms with Crippen LogP contribution in [-0.2, 0) is 16.3 Å². The van der Waals surface area contributed by atoms with Crippen LogP contribution in [0, 0.1) is 0 Å². The van der Waals surface area contributed by atoms with Crippen LogP contribution >= 0.6 is 0 Å². The first-order valence-corrected chi connectivity index (χ1v) is 8.83. The van der Waals surface area contributed by atoms with Gasteiger partial charge in [-0.15, -0.1) is 0 Å². The van der Waals surface area contributed by atoms with E-state index in [9.17, 15) is 8.42 Å². The lowest BCUT2D eigenvalue weighted by Crippen LogP contribution is -2.32. The zero-order valence-electron chi connectivity index (χ0n) is 12.6. The number of hydrogen-bond donors (Lipinski definition) is 1. The van der Waals surface area contributed by atoms with Gasteiger partial charge in [0.1, 0.15) is 5.75 Å². The number of rotatable bonds is 7. The number of nitrogens with two attached hydrogens (primary N) is 1. The van der Waals surface area contributed by atoms with Crippen molar-refractivity contribution in [2.45, 2.75) is 23.5 Å². The van der Waals surface area contributed by atoms with Crippen LogP contribution in [0.1, 0.15) is 12.5 Å². The van der Waals surface area contributed by atoms with Gasteiger partial charge in [-0.2, -0.15) is 0 Å². The second kappa shape index (κ2) is 7.42. The third kappa shape index (κ3) is 3.87. The van der Waals surface area contributed by atoms with Crippen molar-refractivity contribution in [2.24, 2.45) is 5.73 Å². The quantitative estimate of drug-likeness (QED) is 0.851. The fourth-order valence-corrected chi connectivity index (χ4v) is 3.90. The maximum Gasteiger partial charge on any atom is 0.182 e. The lowest BCUT2D eigenvalue weighted by atomic mass is 10.1. The third-order valence-electron chi connectivity index (χ3n) is 3.45. The van der Waals surface area contributed by atoms with E-state index in [1.165, 1.54) is 0 Å². The van der Waals surface area contributed by atoms with Crippen LogP contribution in [0.4, 0.5) is 0 Å². The van der Waals surface area contributed by atoms with Crippen molar-refractivity contribution < 1.29 is 13.2 Å². The van der Waals surface area contributed by atoms with Crippen molar-refractivity contribution in [1.29, 1.82) is 0 Å². The van der Waals surface area contributed by atoms with Crippen molar-refractivity contribution in [3.63, 3.8) is 0 Å². The molecule has 2 rings (SSSR count). The van der Waals surface area contributed by atoms with Crippen LogP contribution in [0.2, 0.25) is 0 Å². The van der Waals surface area contributed by atoms with Crippen LogP contribution in [-0.4, -0.2) is 26.8 Å². The van der Waals surface area contributed by atoms with Gasteiger partial charge in [-0.05, 0) is 43.2 Å². The summed E-state index contributed by atoms with van der Waals surface area (Å²) in [6, 6.07) is 15.9. The van der Waals surface area contributed by atoms with Gasteiger partial charge in [0, 0.05) is 6.54 Å². The zero-order chi connectivity index (χ0) is 16.0. The summed E-state index contributed by atoms with van der Waals surface area (Å²) >= 11 is 0. The lowest BCUT2D eigenvalue weighted by molar-refractivity contribution is 0.340. The lowest BCUT2D eigenvalue weighted by Gasteiger charge is -2.16. The van der Waals surface area contributed by atoms with Crippen molar-refractivity contribution in [2.75, 3.05) is 13.2 Å². The SMILES string of the molecule is CCOc1cccc(CC(CN)S(=O)(=O)c2ccccc2)c1. The summed E-state index contributed by atoms with van der Waals surface area (Å²) in [5, 5.41) is -0.647. The molecular formula is C17H21NO3S. The number of hydrogen-bond acceptors (Lipinski definition) is 4. The largest absolute Gasteiger partial charge is 0.494 e. The first-order valence-electron chi connectivity index (χ1n) is 7.28. The van der Waals surface area contributed by atoms with E-state index in [0.717, 1.165) is 11.3 Å². The molecule has 22 heavy (non-hydrogen) atoms. The summed E-state index contributed by atoms with van der Waals surface area (Å²) in [7, 11) is -3.44. The number of ether oxygens (including phenoxy) is 1. The van der Waals surface area contributed by atoms with Crippen LogP contribution < -0.4 is 10.5 Å². The maximum absolute atomic E-state index is 12.7. The molecule has 0 saturated carbocycles. The standard InChI is InChI=1S/C17H21NO3S/c1-2-21-15-8-6-7-14(11-15)12-17(13-18)22(19,20)16-9-4-3-5-10-16/h3-11,17H,2,12-13,18H2,1H3. The summed E-state index contributed by atoms with van der Waals surface area (Å²) < 4.78 is 30.8. The van der Waals surface area contributed by atoms with Gasteiger partial charge in [0.25, 0.3) is 0 Å². The Labute approximate surface area is 131 Å². The van der Waals surface area contributed by atoms with Crippen LogP contribution in [0.15, 0.2) is 59.5 Å². The van der Waals surface area contributed by atoms with Crippen LogP contribution in [0.3, 0.4) is 0 Å². The number of benzene rings is 2. The molecule has 1 atom stereocenters. The topological polar surface area (TPSA) is 69.4 Å². The predicted octanol–water partition coefficient (Wildman–Crippen LogP) is 2.43. The molecule has 0 aromatic heterocycles. The second-order valence-electron chi connectivity index (χ2n) is 5.00. The van der Waals surface area contributed by atoms with E-state index in [4.69, 9.17) is 10.5 Å². The van der Waals surface area contributed by atoms with Crippen molar-refractivity contribution in [3.05, 3.63) is 60.2 Å². The fraction of sp³-hybridized carbons (Fsp3) is 0.294. The molecule has 0 fully saturated rings. The normalized spacial score (nSPS) is 12.8. The first-order chi connectivity index (χ1) is 10.6. The molecule has 2 aromatic carbocycles. The van der Waals surface area contributed by atoms with Crippen molar-refractivity contribution in [1.82, 2.24) is 0 Å². The summed E-state index contributed by atoms with van der Waals surface area (Å²) in [4.78, 5) is 0.311. The smallest absolute Gasteiger partial charge is 0.182 e. The first kappa shape index (κ1) is 16.5. The Morgan fingerprint density at radius 3 is 2.45 bits per heavy atom. The molecular weight excluding hydrogens is 298 g/mol. The molecule has 0 bridgehead atoms. The Morgan fingerprint density at radius 2 is 1.82 bits per heavy atom. The highest BCUT2D eigenvalue weighted by Crippen LogP contribution is 2.21. The van der Waals surface area contributed by atoms with Gasteiger partial charge in [-0.3, -0.25) is 0 Å². The molecule has 4 nitrogen and oxygen atoms in total. The molecule has 0 heterocycles. The molecule has 0 aliphatic carbocycles. The monoisotopic (exact) mass is 319 g/mol. The third-order valence-corrected chi connectivity index (χ3v) is 5.61. The Bertz CT molecular complexity index is 699. The molecule has 0 amide bonds. The minimum Gasteiger partial charge on any atom is -0.494 e. The highest BCUT2D eigenvalue weighted by molar-refractivity contribution is 7.92. The van der Waals surface area contributed by atoms with E-state index in [2.05, 4.69) is 0 Å². The molecule has 0 saturated heterocycles. The Balaban J connectivity index is 2.24. The minimum absolute atomic E-state index is 0.0795. The molecule has 5 heteroatoms. The van der Waals surface area contributed by atoms with Gasteiger partial charge in [0.2, 0.25) is 0 Å². The molecule has 2 aromatic rings. The van der Waals surface area contributed by atoms with Gasteiger partial charge in [0.05, 0.1) is 16.8 Å². The average molecular weight is 319 g/mol. The minimum atomic E-state index is -3.44. The molecule has 1 unspecified atom stereocenters. The maximum atomic E-state index is 12.7. The van der Waals surface area contributed by atoms with Gasteiger partial charge in [-0.1, -0.05) is 30.3 Å².